The predicted octanol–water partition coefficient (Wildman–Crippen LogP) is 4.27. The van der Waals surface area contributed by atoms with E-state index in [1.165, 1.54) is 0 Å². The number of carbonyl (C=O) groups is 1. The molecule has 6 nitrogen and oxygen atoms in total. The molecule has 1 heterocycles. The van der Waals surface area contributed by atoms with E-state index >= 15 is 0 Å². The van der Waals surface area contributed by atoms with E-state index in [-0.39, 0.29) is 17.7 Å². The number of rotatable bonds is 6. The number of ether oxygens (including phenoxy) is 3. The first-order valence-corrected chi connectivity index (χ1v) is 9.44. The predicted molar refractivity (Wildman–Crippen MR) is 109 cm³/mol. The van der Waals surface area contributed by atoms with Gasteiger partial charge in [-0.15, -0.1) is 0 Å². The summed E-state index contributed by atoms with van der Waals surface area (Å²) < 4.78 is 17.0. The Bertz CT molecular complexity index is 835. The van der Waals surface area contributed by atoms with Crippen molar-refractivity contribution in [3.05, 3.63) is 53.6 Å². The van der Waals surface area contributed by atoms with Crippen LogP contribution in [0.1, 0.15) is 31.4 Å². The highest BCUT2D eigenvalue weighted by Crippen LogP contribution is 2.28. The lowest BCUT2D eigenvalue weighted by molar-refractivity contribution is 0.0358. The van der Waals surface area contributed by atoms with E-state index in [1.807, 2.05) is 63.2 Å². The highest BCUT2D eigenvalue weighted by molar-refractivity contribution is 5.90. The van der Waals surface area contributed by atoms with Crippen molar-refractivity contribution in [2.24, 2.45) is 0 Å². The average Bonchev–Trinajstić information content (AvgIpc) is 3.00. The van der Waals surface area contributed by atoms with E-state index in [0.717, 1.165) is 23.3 Å². The third-order valence-electron chi connectivity index (χ3n) is 4.86. The fraction of sp³-hybridized carbons (Fsp3) is 0.409. The third-order valence-corrected chi connectivity index (χ3v) is 4.86. The zero-order valence-electron chi connectivity index (χ0n) is 16.9. The molecule has 150 valence electrons. The molecule has 1 aliphatic heterocycles. The summed E-state index contributed by atoms with van der Waals surface area (Å²) in [5.74, 6) is 1.50. The van der Waals surface area contributed by atoms with Gasteiger partial charge in [-0.05, 0) is 45.4 Å². The molecule has 0 spiro atoms. The second kappa shape index (κ2) is 8.52. The van der Waals surface area contributed by atoms with E-state index < -0.39 is 0 Å². The molecule has 1 saturated heterocycles. The van der Waals surface area contributed by atoms with Crippen LogP contribution in [-0.4, -0.2) is 31.4 Å². The molecule has 2 aromatic rings. The fourth-order valence-corrected chi connectivity index (χ4v) is 3.36. The molecular formula is C22H28N2O4. The third kappa shape index (κ3) is 4.95. The minimum absolute atomic E-state index is 0.0142. The summed E-state index contributed by atoms with van der Waals surface area (Å²) >= 11 is 0. The first-order valence-electron chi connectivity index (χ1n) is 9.44. The molecule has 0 bridgehead atoms. The Balaban J connectivity index is 1.62. The summed E-state index contributed by atoms with van der Waals surface area (Å²) in [5.41, 5.74) is 2.35. The highest BCUT2D eigenvalue weighted by Gasteiger charge is 2.32. The number of benzene rings is 2. The quantitative estimate of drug-likeness (QED) is 0.780. The molecule has 1 atom stereocenters. The summed E-state index contributed by atoms with van der Waals surface area (Å²) in [6.07, 6.45) is 0.793. The van der Waals surface area contributed by atoms with Crippen molar-refractivity contribution < 1.29 is 19.0 Å². The molecule has 1 fully saturated rings. The van der Waals surface area contributed by atoms with E-state index in [4.69, 9.17) is 14.2 Å². The van der Waals surface area contributed by atoms with Crippen molar-refractivity contribution in [2.75, 3.05) is 19.0 Å². The lowest BCUT2D eigenvalue weighted by atomic mass is 10.0. The minimum atomic E-state index is -0.240. The summed E-state index contributed by atoms with van der Waals surface area (Å²) in [6, 6.07) is 13.1. The summed E-state index contributed by atoms with van der Waals surface area (Å²) in [7, 11) is 1.64. The molecule has 28 heavy (non-hydrogen) atoms. The van der Waals surface area contributed by atoms with Gasteiger partial charge in [0.25, 0.3) is 0 Å². The van der Waals surface area contributed by atoms with Gasteiger partial charge >= 0.3 is 6.03 Å². The van der Waals surface area contributed by atoms with Gasteiger partial charge in [-0.1, -0.05) is 24.3 Å². The van der Waals surface area contributed by atoms with Gasteiger partial charge < -0.3 is 24.8 Å². The van der Waals surface area contributed by atoms with Gasteiger partial charge in [-0.2, -0.15) is 0 Å². The number of para-hydroxylation sites is 1. The molecule has 6 heteroatoms. The van der Waals surface area contributed by atoms with Crippen LogP contribution in [0.4, 0.5) is 10.5 Å². The Morgan fingerprint density at radius 1 is 1.18 bits per heavy atom. The van der Waals surface area contributed by atoms with Crippen LogP contribution in [0.2, 0.25) is 0 Å². The van der Waals surface area contributed by atoms with Gasteiger partial charge in [0, 0.05) is 16.8 Å². The maximum Gasteiger partial charge on any atom is 0.319 e. The van der Waals surface area contributed by atoms with Crippen LogP contribution >= 0.6 is 0 Å². The molecule has 2 N–H and O–H groups in total. The first kappa shape index (κ1) is 20.0. The number of urea groups is 1. The van der Waals surface area contributed by atoms with Crippen molar-refractivity contribution in [1.82, 2.24) is 5.32 Å². The zero-order chi connectivity index (χ0) is 20.1. The Morgan fingerprint density at radius 2 is 1.93 bits per heavy atom. The minimum Gasteiger partial charge on any atom is -0.496 e. The summed E-state index contributed by atoms with van der Waals surface area (Å²) in [4.78, 5) is 12.4. The SMILES string of the molecule is COc1ccccc1COc1cccc(NC(=O)NC2COC(C)(C)C2)c1C. The van der Waals surface area contributed by atoms with Crippen LogP contribution in [0.3, 0.4) is 0 Å². The lowest BCUT2D eigenvalue weighted by Crippen LogP contribution is -2.38. The number of anilines is 1. The lowest BCUT2D eigenvalue weighted by Gasteiger charge is -2.17. The van der Waals surface area contributed by atoms with Crippen LogP contribution in [0.15, 0.2) is 42.5 Å². The molecule has 2 amide bonds. The monoisotopic (exact) mass is 384 g/mol. The summed E-state index contributed by atoms with van der Waals surface area (Å²) in [5, 5.41) is 5.89. The topological polar surface area (TPSA) is 68.8 Å². The molecule has 3 rings (SSSR count). The second-order valence-electron chi connectivity index (χ2n) is 7.60. The maximum atomic E-state index is 12.4. The molecule has 0 radical (unpaired) electrons. The van der Waals surface area contributed by atoms with Crippen LogP contribution < -0.4 is 20.1 Å². The molecule has 0 aromatic heterocycles. The second-order valence-corrected chi connectivity index (χ2v) is 7.60. The fourth-order valence-electron chi connectivity index (χ4n) is 3.36. The van der Waals surface area contributed by atoms with Crippen molar-refractivity contribution in [3.63, 3.8) is 0 Å². The standard InChI is InChI=1S/C22H28N2O4/c1-15-18(24-21(25)23-17-12-22(2,3)28-14-17)9-7-11-19(15)27-13-16-8-5-6-10-20(16)26-4/h5-11,17H,12-14H2,1-4H3,(H2,23,24,25). The van der Waals surface area contributed by atoms with Crippen molar-refractivity contribution in [2.45, 2.75) is 45.4 Å². The molecule has 1 unspecified atom stereocenters. The van der Waals surface area contributed by atoms with Crippen LogP contribution in [0.5, 0.6) is 11.5 Å². The van der Waals surface area contributed by atoms with Gasteiger partial charge in [0.15, 0.2) is 0 Å². The summed E-state index contributed by atoms with van der Waals surface area (Å²) in [6.45, 7) is 6.89. The van der Waals surface area contributed by atoms with Crippen molar-refractivity contribution >= 4 is 11.7 Å². The number of nitrogens with one attached hydrogen (secondary N) is 2. The van der Waals surface area contributed by atoms with E-state index in [9.17, 15) is 4.79 Å². The van der Waals surface area contributed by atoms with Crippen LogP contribution in [0.25, 0.3) is 0 Å². The van der Waals surface area contributed by atoms with E-state index in [0.29, 0.717) is 24.7 Å². The zero-order valence-corrected chi connectivity index (χ0v) is 16.9. The van der Waals surface area contributed by atoms with Crippen molar-refractivity contribution in [3.8, 4) is 11.5 Å². The van der Waals surface area contributed by atoms with Gasteiger partial charge in [-0.25, -0.2) is 4.79 Å². The number of methoxy groups -OCH3 is 1. The van der Waals surface area contributed by atoms with E-state index in [2.05, 4.69) is 10.6 Å². The molecule has 1 aliphatic rings. The normalized spacial score (nSPS) is 17.8. The number of amides is 2. The smallest absolute Gasteiger partial charge is 0.319 e. The molecular weight excluding hydrogens is 356 g/mol. The average molecular weight is 384 g/mol. The Hall–Kier alpha value is -2.73. The number of carbonyl (C=O) groups excluding carboxylic acids is 1. The first-order chi connectivity index (χ1) is 13.4. The molecule has 0 saturated carbocycles. The largest absolute Gasteiger partial charge is 0.496 e. The van der Waals surface area contributed by atoms with Gasteiger partial charge in [-0.3, -0.25) is 0 Å². The molecule has 2 aromatic carbocycles. The van der Waals surface area contributed by atoms with Crippen molar-refractivity contribution in [1.29, 1.82) is 0 Å². The molecule has 0 aliphatic carbocycles. The van der Waals surface area contributed by atoms with Crippen LogP contribution in [-0.2, 0) is 11.3 Å². The Kier molecular flexibility index (Phi) is 6.09. The highest BCUT2D eigenvalue weighted by atomic mass is 16.5. The van der Waals surface area contributed by atoms with Gasteiger partial charge in [0.2, 0.25) is 0 Å². The van der Waals surface area contributed by atoms with Crippen LogP contribution in [0, 0.1) is 6.92 Å². The Morgan fingerprint density at radius 3 is 2.64 bits per heavy atom. The van der Waals surface area contributed by atoms with E-state index in [1.54, 1.807) is 7.11 Å². The maximum absolute atomic E-state index is 12.4. The van der Waals surface area contributed by atoms with Gasteiger partial charge in [0.1, 0.15) is 18.1 Å². The number of hydrogen-bond acceptors (Lipinski definition) is 4. The van der Waals surface area contributed by atoms with Gasteiger partial charge in [0.05, 0.1) is 25.4 Å². The Labute approximate surface area is 166 Å². The number of hydrogen-bond donors (Lipinski definition) is 2.